The van der Waals surface area contributed by atoms with Gasteiger partial charge in [0.05, 0.1) is 17.6 Å². The average molecular weight is 449 g/mol. The van der Waals surface area contributed by atoms with E-state index in [1.54, 1.807) is 41.6 Å². The second-order valence-corrected chi connectivity index (χ2v) is 9.42. The number of hydrogen-bond donors (Lipinski definition) is 2. The van der Waals surface area contributed by atoms with E-state index in [0.717, 1.165) is 15.4 Å². The van der Waals surface area contributed by atoms with Crippen LogP contribution in [0.3, 0.4) is 0 Å². The highest BCUT2D eigenvalue weighted by atomic mass is 32.2. The van der Waals surface area contributed by atoms with Gasteiger partial charge < -0.3 is 0 Å². The minimum atomic E-state index is -3.83. The van der Waals surface area contributed by atoms with Gasteiger partial charge in [-0.25, -0.2) is 13.4 Å². The van der Waals surface area contributed by atoms with Crippen molar-refractivity contribution in [1.82, 2.24) is 29.9 Å². The number of aryl methyl sites for hydroxylation is 2. The molecule has 2 aromatic heterocycles. The van der Waals surface area contributed by atoms with Gasteiger partial charge in [-0.05, 0) is 19.1 Å². The molecule has 0 saturated heterocycles. The summed E-state index contributed by atoms with van der Waals surface area (Å²) in [5.74, 6) is -1.30. The molecule has 0 fully saturated rings. The average Bonchev–Trinajstić information content (AvgIpc) is 3.35. The van der Waals surface area contributed by atoms with E-state index in [1.807, 2.05) is 6.92 Å². The summed E-state index contributed by atoms with van der Waals surface area (Å²) < 4.78 is 27.6. The first-order chi connectivity index (χ1) is 14.2. The Morgan fingerprint density at radius 2 is 1.90 bits per heavy atom. The number of nitrogens with zero attached hydrogens (tertiary/aromatic N) is 4. The van der Waals surface area contributed by atoms with Gasteiger partial charge in [0, 0.05) is 31.2 Å². The number of hydrazine groups is 1. The van der Waals surface area contributed by atoms with Gasteiger partial charge in [0.2, 0.25) is 10.0 Å². The van der Waals surface area contributed by atoms with Crippen molar-refractivity contribution >= 4 is 33.2 Å². The molecule has 0 aliphatic heterocycles. The summed E-state index contributed by atoms with van der Waals surface area (Å²) in [5, 5.41) is 6.22. The maximum absolute atomic E-state index is 12.5. The topological polar surface area (TPSA) is 126 Å². The van der Waals surface area contributed by atoms with E-state index in [4.69, 9.17) is 0 Å². The van der Waals surface area contributed by atoms with Crippen LogP contribution in [0.25, 0.3) is 10.6 Å². The first kappa shape index (κ1) is 21.6. The predicted octanol–water partition coefficient (Wildman–Crippen LogP) is 0.934. The highest BCUT2D eigenvalue weighted by Crippen LogP contribution is 2.22. The molecule has 3 aromatic rings. The quantitative estimate of drug-likeness (QED) is 0.541. The smallest absolute Gasteiger partial charge is 0.275 e. The van der Waals surface area contributed by atoms with Crippen LogP contribution < -0.4 is 10.9 Å². The van der Waals surface area contributed by atoms with E-state index in [2.05, 4.69) is 20.9 Å². The molecule has 2 heterocycles. The minimum absolute atomic E-state index is 0.0813. The van der Waals surface area contributed by atoms with Crippen molar-refractivity contribution < 1.29 is 18.0 Å². The van der Waals surface area contributed by atoms with Crippen LogP contribution >= 0.6 is 11.3 Å². The van der Waals surface area contributed by atoms with Gasteiger partial charge >= 0.3 is 0 Å². The Kier molecular flexibility index (Phi) is 6.29. The molecule has 0 spiro atoms. The Hall–Kier alpha value is -3.09. The molecule has 158 valence electrons. The first-order valence-electron chi connectivity index (χ1n) is 8.73. The SMILES string of the molecule is Cc1ccc(S(=O)(=O)N(C)CC(=O)NNC(=O)c2csc(-c3cnn(C)c3)n2)cc1. The summed E-state index contributed by atoms with van der Waals surface area (Å²) in [6, 6.07) is 6.30. The highest BCUT2D eigenvalue weighted by molar-refractivity contribution is 7.89. The first-order valence-corrected chi connectivity index (χ1v) is 11.1. The fraction of sp³-hybridized carbons (Fsp3) is 0.222. The molecule has 3 rings (SSSR count). The fourth-order valence-corrected chi connectivity index (χ4v) is 4.35. The van der Waals surface area contributed by atoms with Crippen LogP contribution in [0.4, 0.5) is 0 Å². The fourth-order valence-electron chi connectivity index (χ4n) is 2.45. The minimum Gasteiger partial charge on any atom is -0.275 e. The third kappa shape index (κ3) is 4.90. The monoisotopic (exact) mass is 448 g/mol. The van der Waals surface area contributed by atoms with Crippen molar-refractivity contribution in [1.29, 1.82) is 0 Å². The summed E-state index contributed by atoms with van der Waals surface area (Å²) in [7, 11) is -0.763. The maximum atomic E-state index is 12.5. The van der Waals surface area contributed by atoms with E-state index < -0.39 is 28.4 Å². The molecule has 30 heavy (non-hydrogen) atoms. The van der Waals surface area contributed by atoms with Crippen LogP contribution in [0.5, 0.6) is 0 Å². The Bertz CT molecular complexity index is 1170. The number of aromatic nitrogens is 3. The van der Waals surface area contributed by atoms with Crippen LogP contribution in [0.2, 0.25) is 0 Å². The lowest BCUT2D eigenvalue weighted by molar-refractivity contribution is -0.121. The van der Waals surface area contributed by atoms with Gasteiger partial charge in [0.25, 0.3) is 11.8 Å². The molecule has 12 heteroatoms. The van der Waals surface area contributed by atoms with Gasteiger partial charge in [-0.2, -0.15) is 9.40 Å². The number of sulfonamides is 1. The lowest BCUT2D eigenvalue weighted by atomic mass is 10.2. The molecule has 2 N–H and O–H groups in total. The number of likely N-dealkylation sites (N-methyl/N-ethyl adjacent to an activating group) is 1. The number of benzene rings is 1. The van der Waals surface area contributed by atoms with Crippen LogP contribution in [0.15, 0.2) is 46.9 Å². The molecule has 0 atom stereocenters. The van der Waals surface area contributed by atoms with Crippen molar-refractivity contribution in [3.8, 4) is 10.6 Å². The Balaban J connectivity index is 1.55. The number of carbonyl (C=O) groups excluding carboxylic acids is 2. The van der Waals surface area contributed by atoms with E-state index in [0.29, 0.717) is 5.01 Å². The number of rotatable bonds is 6. The highest BCUT2D eigenvalue weighted by Gasteiger charge is 2.23. The van der Waals surface area contributed by atoms with Crippen molar-refractivity contribution in [3.63, 3.8) is 0 Å². The molecular formula is C18H20N6O4S2. The maximum Gasteiger partial charge on any atom is 0.289 e. The standard InChI is InChI=1S/C18H20N6O4S2/c1-12-4-6-14(7-5-12)30(27,28)24(3)10-16(25)21-22-17(26)15-11-29-18(20-15)13-8-19-23(2)9-13/h4-9,11H,10H2,1-3H3,(H,21,25)(H,22,26). The largest absolute Gasteiger partial charge is 0.289 e. The third-order valence-corrected chi connectivity index (χ3v) is 6.81. The van der Waals surface area contributed by atoms with Gasteiger partial charge in [0.1, 0.15) is 10.7 Å². The Morgan fingerprint density at radius 3 is 2.53 bits per heavy atom. The summed E-state index contributed by atoms with van der Waals surface area (Å²) in [4.78, 5) is 28.6. The van der Waals surface area contributed by atoms with E-state index in [1.165, 1.54) is 30.5 Å². The van der Waals surface area contributed by atoms with E-state index >= 15 is 0 Å². The van der Waals surface area contributed by atoms with Crippen LogP contribution in [-0.4, -0.2) is 52.9 Å². The number of nitrogens with one attached hydrogen (secondary N) is 2. The second-order valence-electron chi connectivity index (χ2n) is 6.52. The summed E-state index contributed by atoms with van der Waals surface area (Å²) in [6.07, 6.45) is 3.40. The van der Waals surface area contributed by atoms with Gasteiger partial charge in [-0.15, -0.1) is 11.3 Å². The van der Waals surface area contributed by atoms with Crippen molar-refractivity contribution in [2.45, 2.75) is 11.8 Å². The molecule has 0 unspecified atom stereocenters. The molecule has 0 bridgehead atoms. The predicted molar refractivity (Wildman–Crippen MR) is 111 cm³/mol. The number of amides is 2. The summed E-state index contributed by atoms with van der Waals surface area (Å²) in [5.41, 5.74) is 6.26. The second kappa shape index (κ2) is 8.73. The van der Waals surface area contributed by atoms with Gasteiger partial charge in [-0.3, -0.25) is 25.1 Å². The van der Waals surface area contributed by atoms with Crippen molar-refractivity contribution in [3.05, 3.63) is 53.3 Å². The summed E-state index contributed by atoms with van der Waals surface area (Å²) in [6.45, 7) is 1.38. The van der Waals surface area contributed by atoms with E-state index in [9.17, 15) is 18.0 Å². The van der Waals surface area contributed by atoms with E-state index in [-0.39, 0.29) is 10.6 Å². The number of carbonyl (C=O) groups is 2. The summed E-state index contributed by atoms with van der Waals surface area (Å²) >= 11 is 1.27. The molecule has 0 aliphatic rings. The van der Waals surface area contributed by atoms with Crippen LogP contribution in [0.1, 0.15) is 16.1 Å². The molecule has 0 aliphatic carbocycles. The molecule has 2 amide bonds. The zero-order valence-electron chi connectivity index (χ0n) is 16.5. The normalized spacial score (nSPS) is 11.5. The lowest BCUT2D eigenvalue weighted by Crippen LogP contribution is -2.46. The van der Waals surface area contributed by atoms with Gasteiger partial charge in [0.15, 0.2) is 0 Å². The molecular weight excluding hydrogens is 428 g/mol. The zero-order valence-corrected chi connectivity index (χ0v) is 18.1. The molecule has 0 saturated carbocycles. The zero-order chi connectivity index (χ0) is 21.9. The van der Waals surface area contributed by atoms with Crippen LogP contribution in [0, 0.1) is 6.92 Å². The Labute approximate surface area is 177 Å². The van der Waals surface area contributed by atoms with Crippen molar-refractivity contribution in [2.24, 2.45) is 7.05 Å². The third-order valence-electron chi connectivity index (χ3n) is 4.10. The van der Waals surface area contributed by atoms with Gasteiger partial charge in [-0.1, -0.05) is 17.7 Å². The molecule has 10 nitrogen and oxygen atoms in total. The Morgan fingerprint density at radius 1 is 1.20 bits per heavy atom. The van der Waals surface area contributed by atoms with Crippen LogP contribution in [-0.2, 0) is 21.9 Å². The number of thiazole rings is 1. The number of hydrogen-bond acceptors (Lipinski definition) is 7. The molecule has 1 aromatic carbocycles. The van der Waals surface area contributed by atoms with Crippen molar-refractivity contribution in [2.75, 3.05) is 13.6 Å². The molecule has 0 radical (unpaired) electrons. The lowest BCUT2D eigenvalue weighted by Gasteiger charge is -2.17.